The molecule has 0 aliphatic rings. The van der Waals surface area contributed by atoms with E-state index in [9.17, 15) is 9.90 Å². The molecule has 0 amide bonds. The van der Waals surface area contributed by atoms with Crippen LogP contribution in [0.1, 0.15) is 55.9 Å². The van der Waals surface area contributed by atoms with Gasteiger partial charge in [0.2, 0.25) is 0 Å². The number of ether oxygens (including phenoxy) is 2. The maximum atomic E-state index is 12.9. The highest BCUT2D eigenvalue weighted by Crippen LogP contribution is 2.35. The van der Waals surface area contributed by atoms with Gasteiger partial charge in [0, 0.05) is 23.1 Å². The lowest BCUT2D eigenvalue weighted by molar-refractivity contribution is 0.0543. The molecule has 5 heteroatoms. The molecule has 186 valence electrons. The van der Waals surface area contributed by atoms with E-state index in [1.807, 2.05) is 99.6 Å². The number of hydrogen-bond acceptors (Lipinski definition) is 4. The van der Waals surface area contributed by atoms with E-state index in [2.05, 4.69) is 12.2 Å². The summed E-state index contributed by atoms with van der Waals surface area (Å²) in [5.74, 6) is 0.722. The van der Waals surface area contributed by atoms with Crippen LogP contribution in [-0.2, 0) is 4.74 Å². The fraction of sp³-hybridized carbons (Fsp3) is 0.258. The van der Waals surface area contributed by atoms with E-state index in [-0.39, 0.29) is 5.92 Å². The average Bonchev–Trinajstić information content (AvgIpc) is 3.26. The lowest BCUT2D eigenvalue weighted by Crippen LogP contribution is -2.26. The molecule has 4 aromatic rings. The van der Waals surface area contributed by atoms with Crippen LogP contribution in [0.2, 0.25) is 0 Å². The van der Waals surface area contributed by atoms with Crippen LogP contribution in [-0.4, -0.2) is 28.5 Å². The predicted octanol–water partition coefficient (Wildman–Crippen LogP) is 7.35. The molecule has 0 radical (unpaired) electrons. The second kappa shape index (κ2) is 10.8. The molecule has 0 saturated carbocycles. The molecule has 1 N–H and O–H groups in total. The summed E-state index contributed by atoms with van der Waals surface area (Å²) in [6, 6.07) is 25.6. The minimum Gasteiger partial charge on any atom is -0.497 e. The molecule has 1 aromatic heterocycles. The molecular weight excluding hydrogens is 450 g/mol. The number of aliphatic hydroxyl groups excluding tert-OH is 1. The third kappa shape index (κ3) is 6.04. The Morgan fingerprint density at radius 1 is 0.972 bits per heavy atom. The van der Waals surface area contributed by atoms with Gasteiger partial charge in [-0.1, -0.05) is 72.8 Å². The van der Waals surface area contributed by atoms with Crippen molar-refractivity contribution in [3.63, 3.8) is 0 Å². The molecule has 1 heterocycles. The summed E-state index contributed by atoms with van der Waals surface area (Å²) in [6.45, 7) is 5.51. The Hall–Kier alpha value is -3.83. The predicted molar refractivity (Wildman–Crippen MR) is 144 cm³/mol. The van der Waals surface area contributed by atoms with Crippen LogP contribution in [0.15, 0.2) is 91.1 Å². The average molecular weight is 484 g/mol. The fourth-order valence-corrected chi connectivity index (χ4v) is 4.27. The van der Waals surface area contributed by atoms with E-state index in [1.165, 1.54) is 4.57 Å². The highest BCUT2D eigenvalue weighted by Gasteiger charge is 2.24. The van der Waals surface area contributed by atoms with Crippen molar-refractivity contribution in [1.82, 2.24) is 4.57 Å². The number of carbonyl (C=O) groups excluding carboxylic acids is 1. The summed E-state index contributed by atoms with van der Waals surface area (Å²) < 4.78 is 12.4. The Morgan fingerprint density at radius 3 is 2.31 bits per heavy atom. The van der Waals surface area contributed by atoms with Crippen molar-refractivity contribution in [3.05, 3.63) is 108 Å². The summed E-state index contributed by atoms with van der Waals surface area (Å²) in [5.41, 5.74) is 2.94. The zero-order valence-corrected chi connectivity index (χ0v) is 21.2. The summed E-state index contributed by atoms with van der Waals surface area (Å²) in [6.07, 6.45) is 5.07. The first-order valence-corrected chi connectivity index (χ1v) is 12.1. The van der Waals surface area contributed by atoms with Gasteiger partial charge >= 0.3 is 6.09 Å². The molecule has 0 aliphatic heterocycles. The normalized spacial score (nSPS) is 13.6. The Morgan fingerprint density at radius 2 is 1.64 bits per heavy atom. The van der Waals surface area contributed by atoms with Gasteiger partial charge in [0.25, 0.3) is 0 Å². The highest BCUT2D eigenvalue weighted by molar-refractivity contribution is 5.92. The number of para-hydroxylation sites is 1. The zero-order valence-electron chi connectivity index (χ0n) is 21.2. The number of allylic oxidation sites excluding steroid dienone is 1. The van der Waals surface area contributed by atoms with Crippen LogP contribution >= 0.6 is 0 Å². The van der Waals surface area contributed by atoms with Gasteiger partial charge in [-0.3, -0.25) is 4.57 Å². The van der Waals surface area contributed by atoms with Crippen LogP contribution in [0.4, 0.5) is 4.79 Å². The molecule has 5 nitrogen and oxygen atoms in total. The van der Waals surface area contributed by atoms with E-state index >= 15 is 0 Å². The van der Waals surface area contributed by atoms with Gasteiger partial charge < -0.3 is 14.6 Å². The monoisotopic (exact) mass is 483 g/mol. The van der Waals surface area contributed by atoms with Crippen molar-refractivity contribution in [2.24, 2.45) is 0 Å². The Balaban J connectivity index is 1.67. The molecule has 36 heavy (non-hydrogen) atoms. The van der Waals surface area contributed by atoms with Gasteiger partial charge in [-0.05, 0) is 56.5 Å². The first-order chi connectivity index (χ1) is 17.2. The van der Waals surface area contributed by atoms with Crippen molar-refractivity contribution in [1.29, 1.82) is 0 Å². The third-order valence-corrected chi connectivity index (χ3v) is 6.03. The van der Waals surface area contributed by atoms with E-state index < -0.39 is 17.8 Å². The second-order valence-corrected chi connectivity index (χ2v) is 9.85. The SMILES string of the molecule is COc1ccc([C@@H](/C=C/c2ccccc2)C[C@H](O)c2cn(C(=O)OC(C)(C)C)c3ccccc23)cc1. The van der Waals surface area contributed by atoms with Gasteiger partial charge in [-0.15, -0.1) is 0 Å². The van der Waals surface area contributed by atoms with Gasteiger partial charge in [-0.2, -0.15) is 0 Å². The number of aliphatic hydroxyl groups is 1. The molecule has 0 saturated heterocycles. The lowest BCUT2D eigenvalue weighted by Gasteiger charge is -2.20. The molecule has 0 fully saturated rings. The first-order valence-electron chi connectivity index (χ1n) is 12.1. The standard InChI is InChI=1S/C31H33NO4/c1-31(2,3)36-30(34)32-21-27(26-12-8-9-13-28(26)32)29(33)20-24(15-14-22-10-6-5-7-11-22)23-16-18-25(35-4)19-17-23/h5-19,21,24,29,33H,20H2,1-4H3/b15-14+/t24-,29-/m0/s1. The molecule has 4 rings (SSSR count). The van der Waals surface area contributed by atoms with E-state index in [1.54, 1.807) is 13.3 Å². The van der Waals surface area contributed by atoms with E-state index in [0.29, 0.717) is 17.5 Å². The quantitative estimate of drug-likeness (QED) is 0.298. The summed E-state index contributed by atoms with van der Waals surface area (Å²) in [7, 11) is 1.64. The van der Waals surface area contributed by atoms with Crippen LogP contribution in [0, 0.1) is 0 Å². The summed E-state index contributed by atoms with van der Waals surface area (Å²) >= 11 is 0. The molecule has 0 spiro atoms. The second-order valence-electron chi connectivity index (χ2n) is 9.85. The maximum absolute atomic E-state index is 12.9. The van der Waals surface area contributed by atoms with Gasteiger partial charge in [0.05, 0.1) is 18.7 Å². The van der Waals surface area contributed by atoms with Gasteiger partial charge in [-0.25, -0.2) is 4.79 Å². The lowest BCUT2D eigenvalue weighted by atomic mass is 9.89. The van der Waals surface area contributed by atoms with E-state index in [4.69, 9.17) is 9.47 Å². The highest BCUT2D eigenvalue weighted by atomic mass is 16.6. The summed E-state index contributed by atoms with van der Waals surface area (Å²) in [4.78, 5) is 12.9. The number of hydrogen-bond donors (Lipinski definition) is 1. The maximum Gasteiger partial charge on any atom is 0.419 e. The van der Waals surface area contributed by atoms with E-state index in [0.717, 1.165) is 22.3 Å². The van der Waals surface area contributed by atoms with Crippen molar-refractivity contribution in [3.8, 4) is 5.75 Å². The molecule has 0 bridgehead atoms. The number of carbonyl (C=O) groups is 1. The minimum absolute atomic E-state index is 0.0604. The third-order valence-electron chi connectivity index (χ3n) is 6.03. The summed E-state index contributed by atoms with van der Waals surface area (Å²) in [5, 5.41) is 12.3. The molecule has 0 unspecified atom stereocenters. The van der Waals surface area contributed by atoms with Crippen molar-refractivity contribution < 1.29 is 19.4 Å². The minimum atomic E-state index is -0.800. The Labute approximate surface area is 212 Å². The van der Waals surface area contributed by atoms with Crippen molar-refractivity contribution in [2.45, 2.75) is 44.8 Å². The molecule has 3 aromatic carbocycles. The fourth-order valence-electron chi connectivity index (χ4n) is 4.27. The van der Waals surface area contributed by atoms with Gasteiger partial charge in [0.1, 0.15) is 11.4 Å². The number of rotatable bonds is 7. The Kier molecular flexibility index (Phi) is 7.61. The van der Waals surface area contributed by atoms with Crippen LogP contribution in [0.25, 0.3) is 17.0 Å². The smallest absolute Gasteiger partial charge is 0.419 e. The van der Waals surface area contributed by atoms with Gasteiger partial charge in [0.15, 0.2) is 0 Å². The number of nitrogens with zero attached hydrogens (tertiary/aromatic N) is 1. The zero-order chi connectivity index (χ0) is 25.7. The number of aromatic nitrogens is 1. The number of fused-ring (bicyclic) bond motifs is 1. The van der Waals surface area contributed by atoms with Crippen molar-refractivity contribution in [2.75, 3.05) is 7.11 Å². The number of benzene rings is 3. The van der Waals surface area contributed by atoms with Crippen LogP contribution in [0.5, 0.6) is 5.75 Å². The molecule has 2 atom stereocenters. The number of methoxy groups -OCH3 is 1. The van der Waals surface area contributed by atoms with Crippen LogP contribution in [0.3, 0.4) is 0 Å². The van der Waals surface area contributed by atoms with Crippen molar-refractivity contribution >= 4 is 23.1 Å². The Bertz CT molecular complexity index is 1330. The molecule has 0 aliphatic carbocycles. The first kappa shape index (κ1) is 25.3. The largest absolute Gasteiger partial charge is 0.497 e. The van der Waals surface area contributed by atoms with Crippen LogP contribution < -0.4 is 4.74 Å². The molecular formula is C31H33NO4. The topological polar surface area (TPSA) is 60.7 Å².